The van der Waals surface area contributed by atoms with Crippen LogP contribution in [0.2, 0.25) is 0 Å². The second-order valence-corrected chi connectivity index (χ2v) is 11.4. The van der Waals surface area contributed by atoms with E-state index in [0.29, 0.717) is 25.7 Å². The van der Waals surface area contributed by atoms with Crippen molar-refractivity contribution >= 4 is 0 Å². The van der Waals surface area contributed by atoms with Crippen LogP contribution in [-0.4, -0.2) is 45.0 Å². The Hall–Kier alpha value is -0.800. The zero-order valence-corrected chi connectivity index (χ0v) is 19.9. The van der Waals surface area contributed by atoms with Crippen LogP contribution in [0.15, 0.2) is 12.2 Å². The fourth-order valence-electron chi connectivity index (χ4n) is 6.49. The molecule has 2 aliphatic carbocycles. The highest BCUT2D eigenvalue weighted by Gasteiger charge is 2.69. The smallest absolute Gasteiger partial charge is 0.393 e. The van der Waals surface area contributed by atoms with Crippen molar-refractivity contribution in [3.05, 3.63) is 12.2 Å². The van der Waals surface area contributed by atoms with E-state index in [9.17, 15) is 41.7 Å². The Morgan fingerprint density at radius 2 is 1.48 bits per heavy atom. The normalized spacial score (nSPS) is 31.6. The number of allylic oxidation sites excluding steroid dienone is 1. The van der Waals surface area contributed by atoms with E-state index >= 15 is 0 Å². The Morgan fingerprint density at radius 1 is 0.909 bits per heavy atom. The van der Waals surface area contributed by atoms with Gasteiger partial charge in [-0.15, -0.1) is 0 Å². The van der Waals surface area contributed by atoms with Gasteiger partial charge in [0.25, 0.3) is 5.60 Å². The molecule has 0 radical (unpaired) electrons. The van der Waals surface area contributed by atoms with E-state index < -0.39 is 35.1 Å². The van der Waals surface area contributed by atoms with Crippen molar-refractivity contribution in [1.82, 2.24) is 0 Å². The van der Waals surface area contributed by atoms with Gasteiger partial charge in [-0.05, 0) is 87.5 Å². The molecule has 0 aromatic heterocycles. The van der Waals surface area contributed by atoms with Gasteiger partial charge in [0, 0.05) is 0 Å². The lowest BCUT2D eigenvalue weighted by molar-refractivity contribution is -0.347. The minimum Gasteiger partial charge on any atom is -0.393 e. The average molecular weight is 489 g/mol. The zero-order valence-electron chi connectivity index (χ0n) is 19.9. The molecule has 2 saturated carbocycles. The van der Waals surface area contributed by atoms with Crippen LogP contribution in [-0.2, 0) is 0 Å². The van der Waals surface area contributed by atoms with E-state index in [0.717, 1.165) is 31.8 Å². The van der Waals surface area contributed by atoms with E-state index in [1.807, 2.05) is 6.92 Å². The highest BCUT2D eigenvalue weighted by molar-refractivity contribution is 5.13. The maximum Gasteiger partial charge on any atom is 0.429 e. The summed E-state index contributed by atoms with van der Waals surface area (Å²) in [5.74, 6) is 0.0393. The first kappa shape index (κ1) is 28.4. The molecule has 9 heteroatoms. The van der Waals surface area contributed by atoms with Crippen LogP contribution in [0.3, 0.4) is 0 Å². The van der Waals surface area contributed by atoms with E-state index in [4.69, 9.17) is 0 Å². The fraction of sp³-hybridized carbons (Fsp3) is 0.917. The summed E-state index contributed by atoms with van der Waals surface area (Å²) in [7, 11) is 0. The van der Waals surface area contributed by atoms with E-state index in [1.165, 1.54) is 0 Å². The number of alkyl halides is 6. The molecule has 0 aromatic rings. The molecule has 3 unspecified atom stereocenters. The molecule has 0 bridgehead atoms. The lowest BCUT2D eigenvalue weighted by atomic mass is 9.56. The largest absolute Gasteiger partial charge is 0.429 e. The quantitative estimate of drug-likeness (QED) is 0.277. The van der Waals surface area contributed by atoms with Crippen LogP contribution in [0, 0.1) is 22.7 Å². The van der Waals surface area contributed by atoms with Crippen LogP contribution in [0.5, 0.6) is 0 Å². The summed E-state index contributed by atoms with van der Waals surface area (Å²) < 4.78 is 78.6. The van der Waals surface area contributed by atoms with Crippen molar-refractivity contribution in [2.24, 2.45) is 22.7 Å². The first-order valence-corrected chi connectivity index (χ1v) is 11.7. The van der Waals surface area contributed by atoms with Gasteiger partial charge in [0.2, 0.25) is 0 Å². The summed E-state index contributed by atoms with van der Waals surface area (Å²) >= 11 is 0. The number of halogens is 6. The SMILES string of the molecule is CC(C)(O)CCCC(C)(C/C=C/C(O)(C(F)(F)F)C(F)(F)F)C1CCC2[C@@H](O)CCC[C@@]21C. The Morgan fingerprint density at radius 3 is 2.00 bits per heavy atom. The maximum absolute atomic E-state index is 13.1. The average Bonchev–Trinajstić information content (AvgIpc) is 2.97. The number of hydrogen-bond donors (Lipinski definition) is 3. The molecule has 2 rings (SSSR count). The second kappa shape index (κ2) is 9.34. The van der Waals surface area contributed by atoms with Crippen LogP contribution < -0.4 is 0 Å². The number of aliphatic hydroxyl groups is 3. The van der Waals surface area contributed by atoms with Gasteiger partial charge in [-0.3, -0.25) is 0 Å². The topological polar surface area (TPSA) is 60.7 Å². The summed E-state index contributed by atoms with van der Waals surface area (Å²) in [4.78, 5) is 0. The van der Waals surface area contributed by atoms with Crippen molar-refractivity contribution in [2.45, 2.75) is 115 Å². The molecule has 0 amide bonds. The molecular formula is C24H38F6O3. The molecule has 0 heterocycles. The number of hydrogen-bond acceptors (Lipinski definition) is 3. The maximum atomic E-state index is 13.1. The van der Waals surface area contributed by atoms with Gasteiger partial charge in [0.1, 0.15) is 0 Å². The van der Waals surface area contributed by atoms with Gasteiger partial charge in [-0.25, -0.2) is 0 Å². The summed E-state index contributed by atoms with van der Waals surface area (Å²) in [5.41, 5.74) is -6.76. The molecule has 3 N–H and O–H groups in total. The van der Waals surface area contributed by atoms with E-state index in [2.05, 4.69) is 6.92 Å². The van der Waals surface area contributed by atoms with Crippen molar-refractivity contribution in [3.63, 3.8) is 0 Å². The Bertz CT molecular complexity index is 682. The summed E-state index contributed by atoms with van der Waals surface area (Å²) in [6.45, 7) is 7.27. The highest BCUT2D eigenvalue weighted by Crippen LogP contribution is 2.62. The molecule has 194 valence electrons. The third-order valence-corrected chi connectivity index (χ3v) is 8.27. The van der Waals surface area contributed by atoms with Gasteiger partial charge < -0.3 is 15.3 Å². The fourth-order valence-corrected chi connectivity index (χ4v) is 6.49. The van der Waals surface area contributed by atoms with Crippen LogP contribution >= 0.6 is 0 Å². The lowest BCUT2D eigenvalue weighted by Gasteiger charge is -2.50. The van der Waals surface area contributed by atoms with Crippen molar-refractivity contribution in [2.75, 3.05) is 0 Å². The second-order valence-electron chi connectivity index (χ2n) is 11.4. The van der Waals surface area contributed by atoms with Gasteiger partial charge in [-0.2, -0.15) is 26.3 Å². The predicted molar refractivity (Wildman–Crippen MR) is 113 cm³/mol. The molecule has 0 aromatic carbocycles. The van der Waals surface area contributed by atoms with Crippen molar-refractivity contribution in [3.8, 4) is 0 Å². The molecule has 0 aliphatic heterocycles. The molecule has 5 atom stereocenters. The summed E-state index contributed by atoms with van der Waals surface area (Å²) in [5, 5.41) is 30.1. The number of aliphatic hydroxyl groups excluding tert-OH is 1. The van der Waals surface area contributed by atoms with Gasteiger partial charge in [0.15, 0.2) is 0 Å². The van der Waals surface area contributed by atoms with Crippen molar-refractivity contribution < 1.29 is 41.7 Å². The van der Waals surface area contributed by atoms with Gasteiger partial charge in [-0.1, -0.05) is 32.8 Å². The predicted octanol–water partition coefficient (Wildman–Crippen LogP) is 6.31. The minimum absolute atomic E-state index is 0.0127. The molecule has 2 aliphatic rings. The Labute approximate surface area is 192 Å². The lowest BCUT2D eigenvalue weighted by Crippen LogP contribution is -2.55. The third-order valence-electron chi connectivity index (χ3n) is 8.27. The monoisotopic (exact) mass is 488 g/mol. The third kappa shape index (κ3) is 5.89. The molecule has 33 heavy (non-hydrogen) atoms. The molecule has 0 saturated heterocycles. The summed E-state index contributed by atoms with van der Waals surface area (Å²) in [6, 6.07) is 0. The van der Waals surface area contributed by atoms with E-state index in [-0.39, 0.29) is 29.7 Å². The molecule has 2 fully saturated rings. The summed E-state index contributed by atoms with van der Waals surface area (Å²) in [6.07, 6.45) is -6.29. The van der Waals surface area contributed by atoms with E-state index in [1.54, 1.807) is 13.8 Å². The molecule has 0 spiro atoms. The van der Waals surface area contributed by atoms with Crippen LogP contribution in [0.25, 0.3) is 0 Å². The minimum atomic E-state index is -5.89. The van der Waals surface area contributed by atoms with Crippen molar-refractivity contribution in [1.29, 1.82) is 0 Å². The molecular weight excluding hydrogens is 450 g/mol. The molecule has 3 nitrogen and oxygen atoms in total. The van der Waals surface area contributed by atoms with Gasteiger partial charge >= 0.3 is 12.4 Å². The Kier molecular flexibility index (Phi) is 8.05. The van der Waals surface area contributed by atoms with Crippen LogP contribution in [0.1, 0.15) is 85.5 Å². The zero-order chi connectivity index (χ0) is 25.5. The van der Waals surface area contributed by atoms with Crippen LogP contribution in [0.4, 0.5) is 26.3 Å². The number of fused-ring (bicyclic) bond motifs is 1. The first-order valence-electron chi connectivity index (χ1n) is 11.7. The van der Waals surface area contributed by atoms with Gasteiger partial charge in [0.05, 0.1) is 11.7 Å². The highest BCUT2D eigenvalue weighted by atomic mass is 19.4. The Balaban J connectivity index is 2.35. The standard InChI is InChI=1S/C24H38F6O3/c1-19(2,32)11-6-12-20(3,13-7-15-22(33,23(25,26)27)24(28,29)30)18-10-9-16-17(31)8-5-14-21(16,18)4/h7,15-18,31-33H,5-6,8-14H2,1-4H3/b15-7+/t16?,17-,18?,20?,21-/m0/s1. The first-order chi connectivity index (χ1) is 14.8. The number of rotatable bonds is 8.